The second-order valence-corrected chi connectivity index (χ2v) is 7.81. The predicted octanol–water partition coefficient (Wildman–Crippen LogP) is 3.60. The maximum Gasteiger partial charge on any atom is 0.274 e. The van der Waals surface area contributed by atoms with Crippen LogP contribution in [-0.4, -0.2) is 32.3 Å². The lowest BCUT2D eigenvalue weighted by molar-refractivity contribution is 0.0604. The van der Waals surface area contributed by atoms with Crippen LogP contribution in [-0.2, 0) is 5.41 Å². The molecule has 0 N–H and O–H groups in total. The van der Waals surface area contributed by atoms with E-state index in [9.17, 15) is 4.79 Å². The Morgan fingerprint density at radius 1 is 1.30 bits per heavy atom. The van der Waals surface area contributed by atoms with Gasteiger partial charge in [0, 0.05) is 29.7 Å². The van der Waals surface area contributed by atoms with Crippen LogP contribution >= 0.6 is 11.3 Å². The first-order valence-electron chi connectivity index (χ1n) is 8.00. The van der Waals surface area contributed by atoms with Crippen molar-refractivity contribution in [3.8, 4) is 0 Å². The SMILES string of the molecule is CC(C)(C)c1csc([C@@H]2CCCCN2C(=O)c2cnccn2)n1. The molecule has 1 aliphatic rings. The molecule has 0 aliphatic carbocycles. The fourth-order valence-electron chi connectivity index (χ4n) is 2.77. The van der Waals surface area contributed by atoms with Gasteiger partial charge < -0.3 is 4.90 Å². The Labute approximate surface area is 140 Å². The Morgan fingerprint density at radius 2 is 2.13 bits per heavy atom. The summed E-state index contributed by atoms with van der Waals surface area (Å²) in [5, 5.41) is 3.15. The highest BCUT2D eigenvalue weighted by Gasteiger charge is 2.32. The quantitative estimate of drug-likeness (QED) is 0.844. The number of aromatic nitrogens is 3. The average molecular weight is 330 g/mol. The normalized spacial score (nSPS) is 18.9. The highest BCUT2D eigenvalue weighted by Crippen LogP contribution is 2.35. The number of likely N-dealkylation sites (tertiary alicyclic amines) is 1. The molecule has 1 atom stereocenters. The zero-order valence-electron chi connectivity index (χ0n) is 13.8. The van der Waals surface area contributed by atoms with Crippen LogP contribution in [0, 0.1) is 0 Å². The number of rotatable bonds is 2. The predicted molar refractivity (Wildman–Crippen MR) is 90.5 cm³/mol. The number of hydrogen-bond donors (Lipinski definition) is 0. The van der Waals surface area contributed by atoms with E-state index in [-0.39, 0.29) is 17.4 Å². The van der Waals surface area contributed by atoms with Crippen molar-refractivity contribution in [1.82, 2.24) is 19.9 Å². The molecule has 0 aromatic carbocycles. The molecule has 122 valence electrons. The van der Waals surface area contributed by atoms with E-state index in [1.54, 1.807) is 23.7 Å². The van der Waals surface area contributed by atoms with Gasteiger partial charge in [-0.1, -0.05) is 20.8 Å². The Bertz CT molecular complexity index is 677. The van der Waals surface area contributed by atoms with E-state index >= 15 is 0 Å². The van der Waals surface area contributed by atoms with Crippen molar-refractivity contribution in [2.24, 2.45) is 0 Å². The third-order valence-corrected chi connectivity index (χ3v) is 5.07. The van der Waals surface area contributed by atoms with Crippen molar-refractivity contribution < 1.29 is 4.79 Å². The zero-order chi connectivity index (χ0) is 16.4. The Morgan fingerprint density at radius 3 is 2.78 bits per heavy atom. The number of amides is 1. The maximum absolute atomic E-state index is 12.8. The van der Waals surface area contributed by atoms with Crippen LogP contribution in [0.3, 0.4) is 0 Å². The third-order valence-electron chi connectivity index (χ3n) is 4.12. The molecule has 1 fully saturated rings. The van der Waals surface area contributed by atoms with E-state index in [1.165, 1.54) is 6.20 Å². The lowest BCUT2D eigenvalue weighted by atomic mass is 9.93. The van der Waals surface area contributed by atoms with Crippen molar-refractivity contribution in [3.05, 3.63) is 40.4 Å². The first-order chi connectivity index (χ1) is 11.0. The molecule has 23 heavy (non-hydrogen) atoms. The summed E-state index contributed by atoms with van der Waals surface area (Å²) in [4.78, 5) is 27.7. The fourth-order valence-corrected chi connectivity index (χ4v) is 3.97. The number of thiazole rings is 1. The number of piperidine rings is 1. The maximum atomic E-state index is 12.8. The lowest BCUT2D eigenvalue weighted by Crippen LogP contribution is -2.39. The highest BCUT2D eigenvalue weighted by molar-refractivity contribution is 7.09. The number of hydrogen-bond acceptors (Lipinski definition) is 5. The Hall–Kier alpha value is -1.82. The number of nitrogens with zero attached hydrogens (tertiary/aromatic N) is 4. The van der Waals surface area contributed by atoms with E-state index in [0.717, 1.165) is 36.5 Å². The van der Waals surface area contributed by atoms with Gasteiger partial charge in [0.15, 0.2) is 0 Å². The van der Waals surface area contributed by atoms with Gasteiger partial charge in [-0.15, -0.1) is 11.3 Å². The van der Waals surface area contributed by atoms with Crippen LogP contribution in [0.4, 0.5) is 0 Å². The van der Waals surface area contributed by atoms with Gasteiger partial charge in [-0.3, -0.25) is 9.78 Å². The summed E-state index contributed by atoms with van der Waals surface area (Å²) < 4.78 is 0. The van der Waals surface area contributed by atoms with Crippen molar-refractivity contribution in [3.63, 3.8) is 0 Å². The molecule has 1 aliphatic heterocycles. The van der Waals surface area contributed by atoms with E-state index in [1.807, 2.05) is 4.90 Å². The molecule has 3 heterocycles. The van der Waals surface area contributed by atoms with Gasteiger partial charge in [0.2, 0.25) is 0 Å². The monoisotopic (exact) mass is 330 g/mol. The lowest BCUT2D eigenvalue weighted by Gasteiger charge is -2.34. The second kappa shape index (κ2) is 6.35. The van der Waals surface area contributed by atoms with Gasteiger partial charge in [-0.25, -0.2) is 9.97 Å². The molecule has 5 nitrogen and oxygen atoms in total. The van der Waals surface area contributed by atoms with Crippen LogP contribution in [0.2, 0.25) is 0 Å². The molecule has 6 heteroatoms. The third kappa shape index (κ3) is 3.42. The van der Waals surface area contributed by atoms with Gasteiger partial charge in [0.25, 0.3) is 5.91 Å². The minimum absolute atomic E-state index is 0.0309. The van der Waals surface area contributed by atoms with E-state index in [2.05, 4.69) is 36.1 Å². The highest BCUT2D eigenvalue weighted by atomic mass is 32.1. The molecule has 2 aromatic rings. The first-order valence-corrected chi connectivity index (χ1v) is 8.87. The first kappa shape index (κ1) is 16.1. The summed E-state index contributed by atoms with van der Waals surface area (Å²) in [6, 6.07) is 0.0550. The van der Waals surface area contributed by atoms with E-state index < -0.39 is 0 Å². The van der Waals surface area contributed by atoms with Crippen molar-refractivity contribution in [2.75, 3.05) is 6.54 Å². The van der Waals surface area contributed by atoms with Crippen LogP contribution < -0.4 is 0 Å². The van der Waals surface area contributed by atoms with Gasteiger partial charge >= 0.3 is 0 Å². The van der Waals surface area contributed by atoms with Crippen molar-refractivity contribution in [1.29, 1.82) is 0 Å². The zero-order valence-corrected chi connectivity index (χ0v) is 14.6. The Balaban J connectivity index is 1.87. The summed E-state index contributed by atoms with van der Waals surface area (Å²) in [5.74, 6) is -0.0460. The topological polar surface area (TPSA) is 59.0 Å². The van der Waals surface area contributed by atoms with Crippen LogP contribution in [0.25, 0.3) is 0 Å². The largest absolute Gasteiger partial charge is 0.328 e. The van der Waals surface area contributed by atoms with Crippen LogP contribution in [0.15, 0.2) is 24.0 Å². The van der Waals surface area contributed by atoms with Crippen LogP contribution in [0.5, 0.6) is 0 Å². The molecule has 0 bridgehead atoms. The molecule has 0 radical (unpaired) electrons. The second-order valence-electron chi connectivity index (χ2n) is 6.92. The van der Waals surface area contributed by atoms with E-state index in [0.29, 0.717) is 5.69 Å². The van der Waals surface area contributed by atoms with E-state index in [4.69, 9.17) is 4.98 Å². The average Bonchev–Trinajstić information content (AvgIpc) is 3.05. The molecule has 0 spiro atoms. The minimum atomic E-state index is -0.0460. The molecular formula is C17H22N4OS. The molecule has 0 saturated carbocycles. The molecule has 3 rings (SSSR count). The smallest absolute Gasteiger partial charge is 0.274 e. The minimum Gasteiger partial charge on any atom is -0.328 e. The molecular weight excluding hydrogens is 308 g/mol. The molecule has 0 unspecified atom stereocenters. The van der Waals surface area contributed by atoms with Gasteiger partial charge in [-0.2, -0.15) is 0 Å². The molecule has 2 aromatic heterocycles. The standard InChI is InChI=1S/C17H22N4OS/c1-17(2,3)14-11-23-15(20-14)13-6-4-5-9-21(13)16(22)12-10-18-7-8-19-12/h7-8,10-11,13H,4-6,9H2,1-3H3/t13-/m0/s1. The fraction of sp³-hybridized carbons (Fsp3) is 0.529. The summed E-state index contributed by atoms with van der Waals surface area (Å²) in [5.41, 5.74) is 1.53. The van der Waals surface area contributed by atoms with Gasteiger partial charge in [0.1, 0.15) is 10.7 Å². The Kier molecular flexibility index (Phi) is 4.43. The summed E-state index contributed by atoms with van der Waals surface area (Å²) in [6.07, 6.45) is 7.80. The summed E-state index contributed by atoms with van der Waals surface area (Å²) >= 11 is 1.66. The van der Waals surface area contributed by atoms with Gasteiger partial charge in [0.05, 0.1) is 17.9 Å². The molecule has 1 saturated heterocycles. The van der Waals surface area contributed by atoms with Crippen molar-refractivity contribution in [2.45, 2.75) is 51.5 Å². The van der Waals surface area contributed by atoms with Gasteiger partial charge in [-0.05, 0) is 19.3 Å². The number of carbonyl (C=O) groups excluding carboxylic acids is 1. The van der Waals surface area contributed by atoms with Crippen molar-refractivity contribution >= 4 is 17.2 Å². The molecule has 1 amide bonds. The van der Waals surface area contributed by atoms with Crippen LogP contribution in [0.1, 0.15) is 67.3 Å². The summed E-state index contributed by atoms with van der Waals surface area (Å²) in [6.45, 7) is 7.24. The number of carbonyl (C=O) groups is 1. The summed E-state index contributed by atoms with van der Waals surface area (Å²) in [7, 11) is 0.